The third-order valence-corrected chi connectivity index (χ3v) is 6.94. The van der Waals surface area contributed by atoms with Gasteiger partial charge in [0.2, 0.25) is 0 Å². The van der Waals surface area contributed by atoms with E-state index in [1.807, 2.05) is 6.07 Å². The van der Waals surface area contributed by atoms with Crippen LogP contribution in [0.3, 0.4) is 0 Å². The van der Waals surface area contributed by atoms with Crippen LogP contribution in [0.15, 0.2) is 45.0 Å². The van der Waals surface area contributed by atoms with Crippen LogP contribution in [0.5, 0.6) is 0 Å². The molecule has 0 N–H and O–H groups in total. The van der Waals surface area contributed by atoms with Crippen molar-refractivity contribution in [3.63, 3.8) is 0 Å². The standard InChI is InChI=1S/C12H3Br5O/c13-4-1-5-6-3-7(14)9(16)10(17)12(6)18-11(5)8(15)2-4/h1-3H. The van der Waals surface area contributed by atoms with E-state index in [9.17, 15) is 0 Å². The predicted molar refractivity (Wildman–Crippen MR) is 92.2 cm³/mol. The molecule has 6 heteroatoms. The summed E-state index contributed by atoms with van der Waals surface area (Å²) in [6.07, 6.45) is 0. The second-order valence-electron chi connectivity index (χ2n) is 3.73. The fourth-order valence-corrected chi connectivity index (χ4v) is 4.65. The van der Waals surface area contributed by atoms with Gasteiger partial charge in [-0.05, 0) is 81.9 Å². The van der Waals surface area contributed by atoms with Crippen LogP contribution in [0.25, 0.3) is 21.9 Å². The zero-order chi connectivity index (χ0) is 13.0. The zero-order valence-electron chi connectivity index (χ0n) is 8.53. The first-order chi connectivity index (χ1) is 8.49. The Morgan fingerprint density at radius 3 is 2.06 bits per heavy atom. The van der Waals surface area contributed by atoms with E-state index in [1.165, 1.54) is 0 Å². The summed E-state index contributed by atoms with van der Waals surface area (Å²) in [4.78, 5) is 0. The van der Waals surface area contributed by atoms with Crippen molar-refractivity contribution in [3.8, 4) is 0 Å². The molecule has 2 aromatic carbocycles. The molecule has 18 heavy (non-hydrogen) atoms. The molecule has 92 valence electrons. The zero-order valence-corrected chi connectivity index (χ0v) is 16.5. The van der Waals surface area contributed by atoms with Gasteiger partial charge in [0.25, 0.3) is 0 Å². The van der Waals surface area contributed by atoms with E-state index in [-0.39, 0.29) is 0 Å². The van der Waals surface area contributed by atoms with Gasteiger partial charge in [-0.2, -0.15) is 0 Å². The molecular weight excluding hydrogens is 560 g/mol. The van der Waals surface area contributed by atoms with E-state index < -0.39 is 0 Å². The van der Waals surface area contributed by atoms with Gasteiger partial charge >= 0.3 is 0 Å². The number of halogens is 5. The van der Waals surface area contributed by atoms with Gasteiger partial charge < -0.3 is 4.42 Å². The summed E-state index contributed by atoms with van der Waals surface area (Å²) in [6.45, 7) is 0. The third kappa shape index (κ3) is 2.04. The third-order valence-electron chi connectivity index (χ3n) is 2.62. The minimum atomic E-state index is 0.832. The van der Waals surface area contributed by atoms with E-state index in [0.29, 0.717) is 0 Å². The molecule has 1 heterocycles. The Bertz CT molecular complexity index is 790. The van der Waals surface area contributed by atoms with Crippen molar-refractivity contribution in [2.24, 2.45) is 0 Å². The van der Waals surface area contributed by atoms with E-state index in [1.54, 1.807) is 0 Å². The van der Waals surface area contributed by atoms with Crippen LogP contribution in [0.4, 0.5) is 0 Å². The maximum absolute atomic E-state index is 5.94. The first-order valence-electron chi connectivity index (χ1n) is 4.84. The Morgan fingerprint density at radius 2 is 1.33 bits per heavy atom. The lowest BCUT2D eigenvalue weighted by Crippen LogP contribution is -1.75. The smallest absolute Gasteiger partial charge is 0.150 e. The van der Waals surface area contributed by atoms with Gasteiger partial charge in [0.15, 0.2) is 5.58 Å². The van der Waals surface area contributed by atoms with E-state index in [4.69, 9.17) is 4.42 Å². The van der Waals surface area contributed by atoms with Crippen molar-refractivity contribution in [1.29, 1.82) is 0 Å². The van der Waals surface area contributed by atoms with E-state index in [0.717, 1.165) is 44.3 Å². The summed E-state index contributed by atoms with van der Waals surface area (Å²) in [6, 6.07) is 6.08. The average Bonchev–Trinajstić information content (AvgIpc) is 2.66. The quantitative estimate of drug-likeness (QED) is 0.260. The van der Waals surface area contributed by atoms with Gasteiger partial charge in [0, 0.05) is 24.2 Å². The molecule has 0 bridgehead atoms. The Labute approximate surface area is 145 Å². The van der Waals surface area contributed by atoms with E-state index >= 15 is 0 Å². The van der Waals surface area contributed by atoms with Crippen LogP contribution < -0.4 is 0 Å². The molecule has 0 saturated heterocycles. The summed E-state index contributed by atoms with van der Waals surface area (Å²) in [7, 11) is 0. The number of benzene rings is 2. The Balaban J connectivity index is 2.60. The average molecular weight is 563 g/mol. The van der Waals surface area contributed by atoms with Crippen LogP contribution in [-0.4, -0.2) is 0 Å². The summed E-state index contributed by atoms with van der Waals surface area (Å²) < 4.78 is 10.7. The van der Waals surface area contributed by atoms with Crippen molar-refractivity contribution < 1.29 is 4.42 Å². The molecule has 0 unspecified atom stereocenters. The van der Waals surface area contributed by atoms with Crippen molar-refractivity contribution in [2.45, 2.75) is 0 Å². The largest absolute Gasteiger partial charge is 0.454 e. The lowest BCUT2D eigenvalue weighted by atomic mass is 10.1. The molecule has 0 radical (unpaired) electrons. The van der Waals surface area contributed by atoms with Crippen LogP contribution in [-0.2, 0) is 0 Å². The molecule has 1 nitrogen and oxygen atoms in total. The van der Waals surface area contributed by atoms with E-state index in [2.05, 4.69) is 91.8 Å². The molecule has 0 aliphatic carbocycles. The summed E-state index contributed by atoms with van der Waals surface area (Å²) >= 11 is 17.6. The van der Waals surface area contributed by atoms with Crippen molar-refractivity contribution in [2.75, 3.05) is 0 Å². The summed E-state index contributed by atoms with van der Waals surface area (Å²) in [5.74, 6) is 0. The van der Waals surface area contributed by atoms with Gasteiger partial charge in [0.1, 0.15) is 5.58 Å². The van der Waals surface area contributed by atoms with Gasteiger partial charge in [-0.15, -0.1) is 0 Å². The summed E-state index contributed by atoms with van der Waals surface area (Å²) in [5.41, 5.74) is 1.68. The molecule has 0 aliphatic rings. The molecular formula is C12H3Br5O. The first kappa shape index (κ1) is 13.6. The van der Waals surface area contributed by atoms with Crippen molar-refractivity contribution in [1.82, 2.24) is 0 Å². The molecule has 0 spiro atoms. The highest BCUT2D eigenvalue weighted by atomic mass is 79.9. The maximum atomic E-state index is 5.94. The van der Waals surface area contributed by atoms with Crippen LogP contribution in [0.2, 0.25) is 0 Å². The highest BCUT2D eigenvalue weighted by Gasteiger charge is 2.16. The minimum Gasteiger partial charge on any atom is -0.454 e. The monoisotopic (exact) mass is 558 g/mol. The van der Waals surface area contributed by atoms with Crippen LogP contribution in [0, 0.1) is 0 Å². The Hall–Kier alpha value is 0.640. The number of rotatable bonds is 0. The van der Waals surface area contributed by atoms with Gasteiger partial charge in [-0.3, -0.25) is 0 Å². The lowest BCUT2D eigenvalue weighted by molar-refractivity contribution is 0.664. The molecule has 0 aliphatic heterocycles. The number of hydrogen-bond donors (Lipinski definition) is 0. The summed E-state index contributed by atoms with van der Waals surface area (Å²) in [5, 5.41) is 2.13. The molecule has 0 atom stereocenters. The lowest BCUT2D eigenvalue weighted by Gasteiger charge is -2.00. The highest BCUT2D eigenvalue weighted by Crippen LogP contribution is 2.43. The Kier molecular flexibility index (Phi) is 3.69. The fraction of sp³-hybridized carbons (Fsp3) is 0. The minimum absolute atomic E-state index is 0.832. The van der Waals surface area contributed by atoms with Crippen molar-refractivity contribution >= 4 is 102 Å². The second-order valence-corrected chi connectivity index (χ2v) is 7.94. The molecule has 0 fully saturated rings. The number of fused-ring (bicyclic) bond motifs is 3. The number of furan rings is 1. The van der Waals surface area contributed by atoms with Gasteiger partial charge in [0.05, 0.1) is 8.95 Å². The molecule has 0 saturated carbocycles. The molecule has 3 aromatic rings. The highest BCUT2D eigenvalue weighted by molar-refractivity contribution is 9.14. The number of hydrogen-bond acceptors (Lipinski definition) is 1. The SMILES string of the molecule is Brc1cc(Br)c2oc3c(Br)c(Br)c(Br)cc3c2c1. The molecule has 3 rings (SSSR count). The van der Waals surface area contributed by atoms with Crippen LogP contribution >= 0.6 is 79.6 Å². The van der Waals surface area contributed by atoms with Gasteiger partial charge in [-0.1, -0.05) is 15.9 Å². The van der Waals surface area contributed by atoms with Crippen molar-refractivity contribution in [3.05, 3.63) is 40.6 Å². The topological polar surface area (TPSA) is 13.1 Å². The Morgan fingerprint density at radius 1 is 0.667 bits per heavy atom. The second kappa shape index (κ2) is 4.88. The fourth-order valence-electron chi connectivity index (χ4n) is 1.84. The normalized spacial score (nSPS) is 11.6. The molecule has 1 aromatic heterocycles. The predicted octanol–water partition coefficient (Wildman–Crippen LogP) is 7.40. The molecule has 0 amide bonds. The van der Waals surface area contributed by atoms with Crippen LogP contribution in [0.1, 0.15) is 0 Å². The van der Waals surface area contributed by atoms with Gasteiger partial charge in [-0.25, -0.2) is 0 Å². The first-order valence-corrected chi connectivity index (χ1v) is 8.80. The maximum Gasteiger partial charge on any atom is 0.150 e.